The summed E-state index contributed by atoms with van der Waals surface area (Å²) in [5, 5.41) is 11.1. The minimum atomic E-state index is -0.802. The van der Waals surface area contributed by atoms with Crippen molar-refractivity contribution in [2.24, 2.45) is 0 Å². The predicted molar refractivity (Wildman–Crippen MR) is 172 cm³/mol. The first-order valence-corrected chi connectivity index (χ1v) is 15.1. The van der Waals surface area contributed by atoms with Gasteiger partial charge in [-0.25, -0.2) is 19.0 Å². The first-order valence-electron chi connectivity index (χ1n) is 14.3. The van der Waals surface area contributed by atoms with Crippen molar-refractivity contribution < 1.29 is 28.6 Å². The fraction of sp³-hybridized carbons (Fsp3) is 0.375. The van der Waals surface area contributed by atoms with Crippen molar-refractivity contribution in [2.75, 3.05) is 50.1 Å². The molecule has 2 atom stereocenters. The zero-order valence-electron chi connectivity index (χ0n) is 25.4. The van der Waals surface area contributed by atoms with Crippen LogP contribution in [0.5, 0.6) is 11.6 Å². The molecule has 0 aliphatic carbocycles. The van der Waals surface area contributed by atoms with Gasteiger partial charge < -0.3 is 29.3 Å². The van der Waals surface area contributed by atoms with E-state index in [-0.39, 0.29) is 63.6 Å². The normalized spacial score (nSPS) is 19.4. The molecule has 45 heavy (non-hydrogen) atoms. The molecule has 0 spiro atoms. The number of aromatic hydroxyl groups is 1. The smallest absolute Gasteiger partial charge is 0.414 e. The molecule has 1 N–H and O–H groups in total. The van der Waals surface area contributed by atoms with E-state index in [9.17, 15) is 14.7 Å². The van der Waals surface area contributed by atoms with Crippen LogP contribution < -0.4 is 14.5 Å². The Morgan fingerprint density at radius 3 is 2.60 bits per heavy atom. The first-order chi connectivity index (χ1) is 21.2. The van der Waals surface area contributed by atoms with E-state index in [0.29, 0.717) is 29.0 Å². The molecule has 1 fully saturated rings. The highest BCUT2D eigenvalue weighted by Gasteiger charge is 2.48. The summed E-state index contributed by atoms with van der Waals surface area (Å²) in [5.41, 5.74) is 0.798. The number of anilines is 2. The number of hydrogen-bond donors (Lipinski definition) is 1. The van der Waals surface area contributed by atoms with E-state index in [4.69, 9.17) is 32.7 Å². The standard InChI is InChI=1S/C32H32Cl2FN5O5/c1-16-11-39-21(14-38(16)31(43)45-32(2,3)4)22(15-41)40-13-17(12-37(5)6)44-30-29(40)28(39)18-10-20(34)25(26(35)27(18)36-30)24-19(33)8-7-9-23(24)42/h7-10,17,21,42H,1,11-14H2,2-6H3/t17-,21-/m1/s1. The Morgan fingerprint density at radius 2 is 1.96 bits per heavy atom. The average Bonchev–Trinajstić information content (AvgIpc) is 2.93. The Balaban J connectivity index is 1.60. The number of piperazine rings is 1. The van der Waals surface area contributed by atoms with E-state index in [0.717, 1.165) is 0 Å². The number of amides is 1. The van der Waals surface area contributed by atoms with Crippen molar-refractivity contribution in [2.45, 2.75) is 38.5 Å². The third-order valence-corrected chi connectivity index (χ3v) is 8.52. The van der Waals surface area contributed by atoms with Crippen LogP contribution in [0.3, 0.4) is 0 Å². The number of benzene rings is 2. The second-order valence-corrected chi connectivity index (χ2v) is 13.4. The number of nitrogens with zero attached hydrogens (tertiary/aromatic N) is 5. The lowest BCUT2D eigenvalue weighted by atomic mass is 9.95. The number of halogens is 3. The number of aromatic nitrogens is 1. The van der Waals surface area contributed by atoms with Crippen LogP contribution >= 0.6 is 23.2 Å². The van der Waals surface area contributed by atoms with Crippen LogP contribution in [0.2, 0.25) is 10.0 Å². The number of phenols is 1. The molecule has 3 aliphatic heterocycles. The van der Waals surface area contributed by atoms with Crippen molar-refractivity contribution in [3.05, 3.63) is 58.1 Å². The van der Waals surface area contributed by atoms with Gasteiger partial charge in [0.05, 0.1) is 41.4 Å². The molecule has 6 rings (SSSR count). The Hall–Kier alpha value is -4.02. The monoisotopic (exact) mass is 655 g/mol. The largest absolute Gasteiger partial charge is 0.507 e. The van der Waals surface area contributed by atoms with E-state index < -0.39 is 29.7 Å². The number of rotatable bonds is 3. The molecule has 3 aromatic rings. The second-order valence-electron chi connectivity index (χ2n) is 12.6. The fourth-order valence-corrected chi connectivity index (χ4v) is 6.73. The molecule has 1 aromatic heterocycles. The summed E-state index contributed by atoms with van der Waals surface area (Å²) >= 11 is 13.2. The van der Waals surface area contributed by atoms with Gasteiger partial charge in [0, 0.05) is 28.8 Å². The number of hydrogen-bond acceptors (Lipinski definition) is 9. The van der Waals surface area contributed by atoms with E-state index >= 15 is 4.39 Å². The van der Waals surface area contributed by atoms with Crippen molar-refractivity contribution in [3.8, 4) is 22.8 Å². The van der Waals surface area contributed by atoms with Gasteiger partial charge >= 0.3 is 6.09 Å². The Morgan fingerprint density at radius 1 is 1.22 bits per heavy atom. The molecule has 3 aliphatic rings. The van der Waals surface area contributed by atoms with Crippen LogP contribution in [0.15, 0.2) is 42.2 Å². The third kappa shape index (κ3) is 5.23. The van der Waals surface area contributed by atoms with Crippen LogP contribution in [-0.4, -0.2) is 89.9 Å². The van der Waals surface area contributed by atoms with Gasteiger partial charge in [-0.15, -0.1) is 0 Å². The van der Waals surface area contributed by atoms with Crippen LogP contribution in [0.4, 0.5) is 20.6 Å². The Labute approximate surface area is 269 Å². The number of fused-ring (bicyclic) bond motifs is 4. The topological polar surface area (TPSA) is 98.7 Å². The first kappa shape index (κ1) is 31.0. The van der Waals surface area contributed by atoms with Crippen molar-refractivity contribution in [1.29, 1.82) is 0 Å². The van der Waals surface area contributed by atoms with E-state index in [2.05, 4.69) is 17.5 Å². The van der Waals surface area contributed by atoms with Crippen LogP contribution in [0.1, 0.15) is 20.8 Å². The van der Waals surface area contributed by atoms with Gasteiger partial charge in [-0.1, -0.05) is 35.8 Å². The zero-order chi connectivity index (χ0) is 32.5. The summed E-state index contributed by atoms with van der Waals surface area (Å²) in [7, 11) is 3.78. The predicted octanol–water partition coefficient (Wildman–Crippen LogP) is 5.85. The van der Waals surface area contributed by atoms with E-state index in [1.165, 1.54) is 17.0 Å². The molecule has 2 aromatic carbocycles. The molecule has 0 unspecified atom stereocenters. The highest BCUT2D eigenvalue weighted by molar-refractivity contribution is 6.37. The van der Waals surface area contributed by atoms with Crippen molar-refractivity contribution >= 4 is 57.5 Å². The number of pyridine rings is 1. The van der Waals surface area contributed by atoms with E-state index in [1.807, 2.05) is 23.9 Å². The van der Waals surface area contributed by atoms with Gasteiger partial charge in [-0.05, 0) is 53.1 Å². The summed E-state index contributed by atoms with van der Waals surface area (Å²) in [6.07, 6.45) is -1.03. The van der Waals surface area contributed by atoms with Gasteiger partial charge in [0.15, 0.2) is 5.82 Å². The van der Waals surface area contributed by atoms with Gasteiger partial charge in [0.1, 0.15) is 40.3 Å². The molecule has 4 heterocycles. The van der Waals surface area contributed by atoms with Crippen LogP contribution in [-0.2, 0) is 9.53 Å². The molecule has 236 valence electrons. The van der Waals surface area contributed by atoms with Crippen molar-refractivity contribution in [1.82, 2.24) is 14.8 Å². The highest BCUT2D eigenvalue weighted by Crippen LogP contribution is 2.54. The van der Waals surface area contributed by atoms with Gasteiger partial charge in [-0.2, -0.15) is 0 Å². The SMILES string of the molecule is C=C1CN2c3c4c(nc5c(F)c(-c6c(O)cccc6Cl)c(Cl)cc35)O[C@H](CN(C)C)CN4C(=C=O)[C@H]2CN1C(=O)OC(C)(C)C. The minimum Gasteiger partial charge on any atom is -0.507 e. The summed E-state index contributed by atoms with van der Waals surface area (Å²) in [6, 6.07) is 5.36. The molecule has 1 saturated heterocycles. The van der Waals surface area contributed by atoms with Gasteiger partial charge in [-0.3, -0.25) is 4.90 Å². The number of phenolic OH excluding ortho intramolecular Hbond substituents is 1. The van der Waals surface area contributed by atoms with Crippen LogP contribution in [0, 0.1) is 5.82 Å². The number of likely N-dealkylation sites (N-methyl/N-ethyl adjacent to an activating group) is 1. The quantitative estimate of drug-likeness (QED) is 0.348. The summed E-state index contributed by atoms with van der Waals surface area (Å²) < 4.78 is 28.7. The maximum atomic E-state index is 16.7. The minimum absolute atomic E-state index is 0.00495. The zero-order valence-corrected chi connectivity index (χ0v) is 27.0. The summed E-state index contributed by atoms with van der Waals surface area (Å²) in [6.45, 7) is 10.3. The van der Waals surface area contributed by atoms with Gasteiger partial charge in [0.2, 0.25) is 5.88 Å². The molecule has 0 saturated carbocycles. The fourth-order valence-electron chi connectivity index (χ4n) is 6.18. The maximum Gasteiger partial charge on any atom is 0.414 e. The van der Waals surface area contributed by atoms with Gasteiger partial charge in [0.25, 0.3) is 0 Å². The molecular formula is C32H32Cl2FN5O5. The lowest BCUT2D eigenvalue weighted by molar-refractivity contribution is 0.0288. The molecular weight excluding hydrogens is 624 g/mol. The lowest BCUT2D eigenvalue weighted by Crippen LogP contribution is -2.61. The number of ether oxygens (including phenoxy) is 2. The van der Waals surface area contributed by atoms with Crippen LogP contribution in [0.25, 0.3) is 22.0 Å². The third-order valence-electron chi connectivity index (χ3n) is 7.91. The average molecular weight is 657 g/mol. The molecule has 0 bridgehead atoms. The summed E-state index contributed by atoms with van der Waals surface area (Å²) in [5.74, 6) is 1.20. The molecule has 0 radical (unpaired) electrons. The maximum absolute atomic E-state index is 16.7. The number of carbonyl (C=O) groups excluding carboxylic acids is 2. The Bertz CT molecular complexity index is 1800. The van der Waals surface area contributed by atoms with E-state index in [1.54, 1.807) is 37.8 Å². The second kappa shape index (κ2) is 11.1. The van der Waals surface area contributed by atoms with Crippen molar-refractivity contribution in [3.63, 3.8) is 0 Å². The molecule has 13 heteroatoms. The molecule has 10 nitrogen and oxygen atoms in total. The lowest BCUT2D eigenvalue weighted by Gasteiger charge is -2.52. The number of carbonyl (C=O) groups is 1. The highest BCUT2D eigenvalue weighted by atomic mass is 35.5. The summed E-state index contributed by atoms with van der Waals surface area (Å²) in [4.78, 5) is 37.6. The molecule has 1 amide bonds. The Kier molecular flexibility index (Phi) is 7.64.